The van der Waals surface area contributed by atoms with E-state index in [1.165, 1.54) is 17.2 Å². The van der Waals surface area contributed by atoms with Crippen LogP contribution >= 0.6 is 0 Å². The van der Waals surface area contributed by atoms with Gasteiger partial charge in [0.15, 0.2) is 0 Å². The molecule has 11 nitrogen and oxygen atoms in total. The molecule has 39 heavy (non-hydrogen) atoms. The minimum Gasteiger partial charge on any atom is -0.383 e. The summed E-state index contributed by atoms with van der Waals surface area (Å²) < 4.78 is 37.7. The van der Waals surface area contributed by atoms with Crippen LogP contribution in [0.5, 0.6) is 0 Å². The number of likely N-dealkylation sites (tertiary alicyclic amines) is 1. The number of carbonyl (C=O) groups excluding carboxylic acids is 3. The number of halogens is 3. The molecule has 1 aromatic carbocycles. The van der Waals surface area contributed by atoms with Crippen molar-refractivity contribution >= 4 is 35.4 Å². The van der Waals surface area contributed by atoms with E-state index < -0.39 is 36.6 Å². The number of piperidine rings is 1. The number of alkyl halides is 3. The fourth-order valence-electron chi connectivity index (χ4n) is 4.87. The van der Waals surface area contributed by atoms with Gasteiger partial charge >= 0.3 is 6.18 Å². The van der Waals surface area contributed by atoms with Gasteiger partial charge in [-0.3, -0.25) is 14.4 Å². The van der Waals surface area contributed by atoms with Crippen LogP contribution < -0.4 is 16.0 Å². The third-order valence-electron chi connectivity index (χ3n) is 6.85. The zero-order valence-electron chi connectivity index (χ0n) is 20.7. The van der Waals surface area contributed by atoms with E-state index in [0.717, 1.165) is 6.21 Å². The summed E-state index contributed by atoms with van der Waals surface area (Å²) in [6, 6.07) is 10.1. The fraction of sp³-hybridized carbons (Fsp3) is 0.360. The summed E-state index contributed by atoms with van der Waals surface area (Å²) in [7, 11) is 0. The highest BCUT2D eigenvalue weighted by molar-refractivity contribution is 5.98. The molecule has 0 radical (unpaired) electrons. The van der Waals surface area contributed by atoms with Gasteiger partial charge in [-0.25, -0.2) is 4.98 Å². The van der Waals surface area contributed by atoms with E-state index in [0.29, 0.717) is 16.8 Å². The molecule has 2 aromatic rings. The first-order valence-corrected chi connectivity index (χ1v) is 11.9. The summed E-state index contributed by atoms with van der Waals surface area (Å²) in [5.74, 6) is -1.63. The number of nitrogens with one attached hydrogen (secondary N) is 2. The number of nitriles is 1. The normalized spacial score (nSPS) is 16.8. The van der Waals surface area contributed by atoms with Crippen molar-refractivity contribution in [3.63, 3.8) is 0 Å². The van der Waals surface area contributed by atoms with Crippen molar-refractivity contribution in [2.75, 3.05) is 43.5 Å². The van der Waals surface area contributed by atoms with Crippen LogP contribution in [0.25, 0.3) is 0 Å². The Bertz CT molecular complexity index is 1350. The number of carbonyl (C=O) groups is 3. The number of hydrogen-bond donors (Lipinski definition) is 3. The van der Waals surface area contributed by atoms with Crippen molar-refractivity contribution in [3.8, 4) is 6.07 Å². The summed E-state index contributed by atoms with van der Waals surface area (Å²) >= 11 is 0. The zero-order chi connectivity index (χ0) is 28.4. The molecule has 1 aromatic heterocycles. The summed E-state index contributed by atoms with van der Waals surface area (Å²) in [5.41, 5.74) is 5.96. The van der Waals surface area contributed by atoms with Gasteiger partial charge in [0.1, 0.15) is 24.4 Å². The lowest BCUT2D eigenvalue weighted by Gasteiger charge is -2.43. The van der Waals surface area contributed by atoms with Crippen molar-refractivity contribution < 1.29 is 27.6 Å². The Morgan fingerprint density at radius 1 is 1.26 bits per heavy atom. The number of pyridine rings is 1. The smallest absolute Gasteiger partial charge is 0.383 e. The predicted molar refractivity (Wildman–Crippen MR) is 134 cm³/mol. The third-order valence-corrected chi connectivity index (χ3v) is 6.85. The molecule has 14 heteroatoms. The molecular weight excluding hydrogens is 517 g/mol. The number of anilines is 2. The number of rotatable bonds is 6. The summed E-state index contributed by atoms with van der Waals surface area (Å²) in [6.45, 7) is -1.83. The summed E-state index contributed by atoms with van der Waals surface area (Å²) in [4.78, 5) is 47.5. The van der Waals surface area contributed by atoms with Crippen LogP contribution in [0.3, 0.4) is 0 Å². The van der Waals surface area contributed by atoms with Crippen molar-refractivity contribution in [2.24, 2.45) is 0 Å². The summed E-state index contributed by atoms with van der Waals surface area (Å²) in [6.07, 6.45) is -1.93. The molecule has 4 N–H and O–H groups in total. The maximum Gasteiger partial charge on any atom is 0.405 e. The molecule has 0 saturated carbocycles. The number of hydrogen-bond acceptors (Lipinski definition) is 8. The molecular formula is C25H25F3N8O3. The van der Waals surface area contributed by atoms with Crippen molar-refractivity contribution in [3.05, 3.63) is 53.2 Å². The van der Waals surface area contributed by atoms with Crippen LogP contribution in [0, 0.1) is 16.7 Å². The molecule has 2 aliphatic rings. The highest BCUT2D eigenvalue weighted by atomic mass is 19.4. The maximum absolute atomic E-state index is 13.7. The van der Waals surface area contributed by atoms with Crippen LogP contribution in [0.1, 0.15) is 34.3 Å². The fourth-order valence-corrected chi connectivity index (χ4v) is 4.87. The molecule has 2 fully saturated rings. The van der Waals surface area contributed by atoms with Gasteiger partial charge in [-0.05, 0) is 37.1 Å². The Labute approximate surface area is 221 Å². The van der Waals surface area contributed by atoms with Crippen molar-refractivity contribution in [1.29, 1.82) is 10.7 Å². The Morgan fingerprint density at radius 2 is 1.97 bits per heavy atom. The molecule has 3 amide bonds. The second-order valence-electron chi connectivity index (χ2n) is 9.29. The average Bonchev–Trinajstić information content (AvgIpc) is 3.18. The Balaban J connectivity index is 1.57. The average molecular weight is 543 g/mol. The van der Waals surface area contributed by atoms with Gasteiger partial charge in [0.25, 0.3) is 11.8 Å². The van der Waals surface area contributed by atoms with E-state index >= 15 is 0 Å². The van der Waals surface area contributed by atoms with Gasteiger partial charge in [0.05, 0.1) is 23.9 Å². The molecule has 0 bridgehead atoms. The highest BCUT2D eigenvalue weighted by Gasteiger charge is 2.54. The first-order valence-electron chi connectivity index (χ1n) is 11.9. The Morgan fingerprint density at radius 3 is 2.62 bits per heavy atom. The largest absolute Gasteiger partial charge is 0.405 e. The van der Waals surface area contributed by atoms with Gasteiger partial charge in [0, 0.05) is 36.8 Å². The lowest BCUT2D eigenvalue weighted by Crippen LogP contribution is -2.57. The number of nitrogens with two attached hydrogens (primary N) is 1. The number of nitrogens with zero attached hydrogens (tertiary/aromatic N) is 5. The molecule has 2 aliphatic heterocycles. The van der Waals surface area contributed by atoms with Crippen LogP contribution in [-0.2, 0) is 9.59 Å². The summed E-state index contributed by atoms with van der Waals surface area (Å²) in [5, 5.41) is 18.6. The first kappa shape index (κ1) is 27.4. The molecule has 1 spiro atoms. The topological polar surface area (TPSA) is 160 Å². The lowest BCUT2D eigenvalue weighted by atomic mass is 9.85. The van der Waals surface area contributed by atoms with E-state index in [1.54, 1.807) is 39.4 Å². The Hall–Kier alpha value is -4.67. The number of aromatic nitrogens is 1. The van der Waals surface area contributed by atoms with Crippen LogP contribution in [0.2, 0.25) is 0 Å². The SMILES string of the molecule is N#Cc1cccc(N2CN(CC(=O)NCC(F)(F)F)C(=O)C23CCN(C(=O)c2cnc(N)c(C=N)c2)CC3)c1. The zero-order valence-corrected chi connectivity index (χ0v) is 20.7. The van der Waals surface area contributed by atoms with E-state index in [4.69, 9.17) is 11.1 Å². The number of benzene rings is 1. The predicted octanol–water partition coefficient (Wildman–Crippen LogP) is 1.49. The lowest BCUT2D eigenvalue weighted by molar-refractivity contribution is -0.142. The minimum absolute atomic E-state index is 0.0777. The second kappa shape index (κ2) is 10.6. The van der Waals surface area contributed by atoms with Gasteiger partial charge in [-0.1, -0.05) is 6.07 Å². The van der Waals surface area contributed by atoms with Gasteiger partial charge < -0.3 is 31.2 Å². The quantitative estimate of drug-likeness (QED) is 0.466. The molecule has 2 saturated heterocycles. The molecule has 204 valence electrons. The minimum atomic E-state index is -4.59. The monoisotopic (exact) mass is 542 g/mol. The van der Waals surface area contributed by atoms with Crippen LogP contribution in [-0.4, -0.2) is 83.3 Å². The van der Waals surface area contributed by atoms with Crippen LogP contribution in [0.4, 0.5) is 24.7 Å². The highest BCUT2D eigenvalue weighted by Crippen LogP contribution is 2.40. The number of nitrogen functional groups attached to an aromatic ring is 1. The standard InChI is InChI=1S/C25H25F3N8O3/c26-25(27,28)14-33-20(37)13-35-15-36(19-3-1-2-16(8-19)10-29)24(23(35)39)4-6-34(7-5-24)22(38)18-9-17(11-30)21(31)32-12-18/h1-3,8-9,11-12,30H,4-7,13-15H2,(H2,31,32)(H,33,37). The van der Waals surface area contributed by atoms with Crippen molar-refractivity contribution in [2.45, 2.75) is 24.6 Å². The van der Waals surface area contributed by atoms with E-state index in [1.807, 2.05) is 6.07 Å². The molecule has 0 aliphatic carbocycles. The van der Waals surface area contributed by atoms with E-state index in [2.05, 4.69) is 4.98 Å². The second-order valence-corrected chi connectivity index (χ2v) is 9.29. The molecule has 0 unspecified atom stereocenters. The third kappa shape index (κ3) is 5.62. The molecule has 3 heterocycles. The number of amides is 3. The van der Waals surface area contributed by atoms with E-state index in [-0.39, 0.29) is 49.9 Å². The van der Waals surface area contributed by atoms with Gasteiger partial charge in [-0.2, -0.15) is 18.4 Å². The maximum atomic E-state index is 13.7. The van der Waals surface area contributed by atoms with Crippen molar-refractivity contribution in [1.82, 2.24) is 20.1 Å². The van der Waals surface area contributed by atoms with Gasteiger partial charge in [-0.15, -0.1) is 0 Å². The molecule has 4 rings (SSSR count). The van der Waals surface area contributed by atoms with Gasteiger partial charge in [0.2, 0.25) is 5.91 Å². The van der Waals surface area contributed by atoms with Crippen LogP contribution in [0.15, 0.2) is 36.5 Å². The molecule has 0 atom stereocenters. The van der Waals surface area contributed by atoms with E-state index in [9.17, 15) is 32.8 Å². The Kier molecular flexibility index (Phi) is 7.44. The first-order chi connectivity index (χ1) is 18.5.